The zero-order valence-corrected chi connectivity index (χ0v) is 13.2. The fourth-order valence-corrected chi connectivity index (χ4v) is 0.823. The van der Waals surface area contributed by atoms with E-state index in [1.54, 1.807) is 0 Å². The number of carbonyl (C=O) groups is 1. The van der Waals surface area contributed by atoms with Crippen molar-refractivity contribution in [1.29, 1.82) is 0 Å². The van der Waals surface area contributed by atoms with Gasteiger partial charge in [0.15, 0.2) is 0 Å². The van der Waals surface area contributed by atoms with Gasteiger partial charge >= 0.3 is 5.97 Å². The van der Waals surface area contributed by atoms with Gasteiger partial charge in [-0.2, -0.15) is 0 Å². The van der Waals surface area contributed by atoms with Crippen LogP contribution in [0.3, 0.4) is 0 Å². The molecule has 0 bridgehead atoms. The van der Waals surface area contributed by atoms with Crippen molar-refractivity contribution in [1.82, 2.24) is 0 Å². The Morgan fingerprint density at radius 2 is 1.83 bits per heavy atom. The topological polar surface area (TPSA) is 26.3 Å². The van der Waals surface area contributed by atoms with E-state index in [1.807, 2.05) is 13.8 Å². The molecule has 0 saturated carbocycles. The molecular weight excluding hydrogens is 497 g/mol. The number of esters is 1. The normalized spacial score (nSPS) is 9.83. The maximum Gasteiger partial charge on any atom is 0.308 e. The van der Waals surface area contributed by atoms with Gasteiger partial charge < -0.3 is 4.74 Å². The summed E-state index contributed by atoms with van der Waals surface area (Å²) in [5, 5.41) is 0. The molecule has 0 aliphatic heterocycles. The molecule has 0 aliphatic rings. The highest BCUT2D eigenvalue weighted by Crippen LogP contribution is 2.25. The van der Waals surface area contributed by atoms with Crippen LogP contribution in [0.1, 0.15) is 13.8 Å². The Morgan fingerprint density at radius 3 is 2.17 bits per heavy atom. The van der Waals surface area contributed by atoms with Crippen molar-refractivity contribution < 1.29 is 9.53 Å². The number of ether oxygens (including phenoxy) is 1. The maximum absolute atomic E-state index is 11.0. The Hall–Kier alpha value is 1.40. The maximum atomic E-state index is 11.0. The summed E-state index contributed by atoms with van der Waals surface area (Å²) in [6, 6.07) is 0. The molecule has 70 valence electrons. The summed E-state index contributed by atoms with van der Waals surface area (Å²) in [4.78, 5) is 11.0. The molecule has 0 unspecified atom stereocenters. The molecule has 0 aromatic heterocycles. The summed E-state index contributed by atoms with van der Waals surface area (Å²) in [7, 11) is 0. The SMILES string of the molecule is CC(C)C(=O)OCC(I)=C(I)I. The van der Waals surface area contributed by atoms with E-state index in [2.05, 4.69) is 67.8 Å². The van der Waals surface area contributed by atoms with Crippen LogP contribution in [-0.4, -0.2) is 12.6 Å². The second-order valence-corrected chi connectivity index (χ2v) is 7.95. The van der Waals surface area contributed by atoms with E-state index in [-0.39, 0.29) is 11.9 Å². The molecule has 0 aliphatic carbocycles. The van der Waals surface area contributed by atoms with E-state index in [1.165, 1.54) is 0 Å². The van der Waals surface area contributed by atoms with Crippen LogP contribution in [-0.2, 0) is 9.53 Å². The van der Waals surface area contributed by atoms with Crippen molar-refractivity contribution in [2.45, 2.75) is 13.8 Å². The van der Waals surface area contributed by atoms with Crippen LogP contribution in [0.15, 0.2) is 5.17 Å². The van der Waals surface area contributed by atoms with Crippen LogP contribution in [0.5, 0.6) is 0 Å². The van der Waals surface area contributed by atoms with Crippen molar-refractivity contribution in [3.8, 4) is 0 Å². The Bertz CT molecular complexity index is 195. The zero-order chi connectivity index (χ0) is 9.72. The van der Waals surface area contributed by atoms with Gasteiger partial charge in [0.1, 0.15) is 6.61 Å². The third-order valence-electron chi connectivity index (χ3n) is 1.02. The number of hydrogen-bond acceptors (Lipinski definition) is 2. The first-order valence-electron chi connectivity index (χ1n) is 3.31. The number of rotatable bonds is 3. The van der Waals surface area contributed by atoms with Crippen molar-refractivity contribution in [3.05, 3.63) is 5.17 Å². The third-order valence-corrected chi connectivity index (χ3v) is 5.23. The largest absolute Gasteiger partial charge is 0.460 e. The molecule has 5 heteroatoms. The average Bonchev–Trinajstić information content (AvgIpc) is 1.98. The lowest BCUT2D eigenvalue weighted by Crippen LogP contribution is -2.12. The van der Waals surface area contributed by atoms with Gasteiger partial charge in [-0.3, -0.25) is 4.79 Å². The lowest BCUT2D eigenvalue weighted by molar-refractivity contribution is -0.146. The molecule has 0 radical (unpaired) electrons. The summed E-state index contributed by atoms with van der Waals surface area (Å²) in [5.74, 6) is -0.181. The van der Waals surface area contributed by atoms with Gasteiger partial charge in [-0.15, -0.1) is 0 Å². The van der Waals surface area contributed by atoms with E-state index in [9.17, 15) is 4.79 Å². The molecule has 0 aromatic carbocycles. The summed E-state index contributed by atoms with van der Waals surface area (Å²) < 4.78 is 7.23. The lowest BCUT2D eigenvalue weighted by Gasteiger charge is -2.06. The molecule has 0 aromatic rings. The van der Waals surface area contributed by atoms with Crippen molar-refractivity contribution in [2.75, 3.05) is 6.61 Å². The predicted molar refractivity (Wildman–Crippen MR) is 74.9 cm³/mol. The minimum Gasteiger partial charge on any atom is -0.460 e. The van der Waals surface area contributed by atoms with Crippen molar-refractivity contribution in [2.24, 2.45) is 5.92 Å². The first kappa shape index (κ1) is 13.4. The van der Waals surface area contributed by atoms with Crippen LogP contribution < -0.4 is 0 Å². The summed E-state index contributed by atoms with van der Waals surface area (Å²) in [6.45, 7) is 4.06. The molecule has 0 atom stereocenters. The van der Waals surface area contributed by atoms with E-state index in [0.29, 0.717) is 6.61 Å². The third kappa shape index (κ3) is 5.95. The first-order chi connectivity index (χ1) is 5.45. The monoisotopic (exact) mass is 506 g/mol. The second-order valence-electron chi connectivity index (χ2n) is 2.43. The lowest BCUT2D eigenvalue weighted by atomic mass is 10.2. The number of carbonyl (C=O) groups excluding carboxylic acids is 1. The molecule has 0 N–H and O–H groups in total. The fourth-order valence-electron chi connectivity index (χ4n) is 0.356. The Kier molecular flexibility index (Phi) is 7.59. The van der Waals surface area contributed by atoms with Gasteiger partial charge in [-0.1, -0.05) is 13.8 Å². The molecule has 0 heterocycles. The van der Waals surface area contributed by atoms with E-state index >= 15 is 0 Å². The molecule has 0 rings (SSSR count). The Labute approximate surface area is 113 Å². The highest BCUT2D eigenvalue weighted by Gasteiger charge is 2.08. The number of hydrogen-bond donors (Lipinski definition) is 0. The van der Waals surface area contributed by atoms with Crippen molar-refractivity contribution >= 4 is 73.7 Å². The minimum atomic E-state index is -0.141. The van der Waals surface area contributed by atoms with Gasteiger partial charge in [0, 0.05) is 3.58 Å². The van der Waals surface area contributed by atoms with E-state index in [4.69, 9.17) is 4.74 Å². The molecular formula is C7H9I3O2. The molecule has 0 spiro atoms. The second kappa shape index (κ2) is 6.80. The minimum absolute atomic E-state index is 0.0407. The quantitative estimate of drug-likeness (QED) is 0.432. The summed E-state index contributed by atoms with van der Waals surface area (Å²) in [5.41, 5.74) is 0. The summed E-state index contributed by atoms with van der Waals surface area (Å²) >= 11 is 6.58. The smallest absolute Gasteiger partial charge is 0.308 e. The van der Waals surface area contributed by atoms with Gasteiger partial charge in [0.25, 0.3) is 0 Å². The van der Waals surface area contributed by atoms with Crippen molar-refractivity contribution in [3.63, 3.8) is 0 Å². The average molecular weight is 506 g/mol. The summed E-state index contributed by atoms with van der Waals surface area (Å²) in [6.07, 6.45) is 0. The standard InChI is InChI=1S/C7H9I3O2/c1-4(2)7(11)12-3-5(8)6(9)10/h4H,3H2,1-2H3. The Balaban J connectivity index is 3.85. The highest BCUT2D eigenvalue weighted by molar-refractivity contribution is 14.2. The highest BCUT2D eigenvalue weighted by atomic mass is 127. The molecule has 0 saturated heterocycles. The van der Waals surface area contributed by atoms with Crippen LogP contribution in [0, 0.1) is 5.92 Å². The van der Waals surface area contributed by atoms with E-state index < -0.39 is 0 Å². The van der Waals surface area contributed by atoms with Gasteiger partial charge in [0.05, 0.1) is 7.50 Å². The number of halogens is 3. The Morgan fingerprint density at radius 1 is 1.33 bits per heavy atom. The van der Waals surface area contributed by atoms with Crippen LogP contribution in [0.25, 0.3) is 0 Å². The predicted octanol–water partition coefficient (Wildman–Crippen LogP) is 3.66. The molecule has 0 fully saturated rings. The van der Waals surface area contributed by atoms with Gasteiger partial charge in [-0.05, 0) is 67.8 Å². The molecule has 12 heavy (non-hydrogen) atoms. The van der Waals surface area contributed by atoms with Crippen LogP contribution >= 0.6 is 67.8 Å². The van der Waals surface area contributed by atoms with E-state index in [0.717, 1.165) is 5.17 Å². The zero-order valence-electron chi connectivity index (χ0n) is 6.73. The van der Waals surface area contributed by atoms with Gasteiger partial charge in [-0.25, -0.2) is 0 Å². The molecule has 0 amide bonds. The molecule has 2 nitrogen and oxygen atoms in total. The first-order valence-corrected chi connectivity index (χ1v) is 6.55. The van der Waals surface area contributed by atoms with Crippen LogP contribution in [0.2, 0.25) is 0 Å². The van der Waals surface area contributed by atoms with Gasteiger partial charge in [0.2, 0.25) is 0 Å². The fraction of sp³-hybridized carbons (Fsp3) is 0.571. The van der Waals surface area contributed by atoms with Crippen LogP contribution in [0.4, 0.5) is 0 Å².